The minimum absolute atomic E-state index is 0.110. The van der Waals surface area contributed by atoms with Gasteiger partial charge in [-0.3, -0.25) is 14.5 Å². The van der Waals surface area contributed by atoms with Crippen molar-refractivity contribution in [2.24, 2.45) is 0 Å². The summed E-state index contributed by atoms with van der Waals surface area (Å²) in [6.45, 7) is 4.29. The molecule has 2 heterocycles. The molecule has 9 heteroatoms. The van der Waals surface area contributed by atoms with Gasteiger partial charge in [0.2, 0.25) is 5.78 Å². The van der Waals surface area contributed by atoms with Gasteiger partial charge in [0, 0.05) is 30.0 Å². The Hall–Kier alpha value is -2.36. The smallest absolute Gasteiger partial charge is 0.328 e. The number of nitrogens with zero attached hydrogens (tertiary/aromatic N) is 1. The molecule has 0 bridgehead atoms. The molecule has 2 unspecified atom stereocenters. The lowest BCUT2D eigenvalue weighted by Crippen LogP contribution is -2.43. The van der Waals surface area contributed by atoms with Crippen LogP contribution in [0.3, 0.4) is 0 Å². The second kappa shape index (κ2) is 10.3. The van der Waals surface area contributed by atoms with Crippen LogP contribution in [0.1, 0.15) is 29.5 Å². The number of carboxylic acids is 1. The molecular formula is C22H22FNO5S2. The number of furan rings is 1. The maximum Gasteiger partial charge on any atom is 0.328 e. The first-order valence-electron chi connectivity index (χ1n) is 9.61. The zero-order chi connectivity index (χ0) is 22.5. The molecule has 2 atom stereocenters. The standard InChI is InChI=1S/C22H22FNO5S2/c1-13-9-20(14(2)29-13)31-30-19-7-8-24(11-15(19)10-21(27)28)22(18(26)12-25)16-5-3-4-6-17(16)23/h3-6,9-10,12,19,22H,7-8,11H2,1-2H3,(H,27,28)/b15-10-. The molecule has 1 aromatic heterocycles. The van der Waals surface area contributed by atoms with Crippen molar-refractivity contribution in [2.45, 2.75) is 36.5 Å². The van der Waals surface area contributed by atoms with E-state index < -0.39 is 23.6 Å². The molecule has 1 aliphatic heterocycles. The molecule has 1 fully saturated rings. The lowest BCUT2D eigenvalue weighted by Gasteiger charge is -2.37. The van der Waals surface area contributed by atoms with Gasteiger partial charge in [-0.25, -0.2) is 9.18 Å². The Morgan fingerprint density at radius 2 is 2.06 bits per heavy atom. The van der Waals surface area contributed by atoms with E-state index in [9.17, 15) is 23.9 Å². The number of aryl methyl sites for hydroxylation is 2. The van der Waals surface area contributed by atoms with Crippen LogP contribution in [0, 0.1) is 19.7 Å². The Kier molecular flexibility index (Phi) is 7.74. The summed E-state index contributed by atoms with van der Waals surface area (Å²) in [6.07, 6.45) is 1.88. The van der Waals surface area contributed by atoms with Crippen LogP contribution in [-0.2, 0) is 14.4 Å². The highest BCUT2D eigenvalue weighted by Crippen LogP contribution is 2.43. The van der Waals surface area contributed by atoms with Crippen LogP contribution in [0.2, 0.25) is 0 Å². The zero-order valence-electron chi connectivity index (χ0n) is 17.0. The highest BCUT2D eigenvalue weighted by atomic mass is 33.1. The normalized spacial score (nSPS) is 19.3. The Bertz CT molecular complexity index is 1020. The Balaban J connectivity index is 1.83. The van der Waals surface area contributed by atoms with Crippen LogP contribution in [0.4, 0.5) is 4.39 Å². The Morgan fingerprint density at radius 3 is 2.68 bits per heavy atom. The van der Waals surface area contributed by atoms with Gasteiger partial charge >= 0.3 is 5.97 Å². The average molecular weight is 464 g/mol. The van der Waals surface area contributed by atoms with Gasteiger partial charge in [0.25, 0.3) is 0 Å². The fraction of sp³-hybridized carbons (Fsp3) is 0.318. The van der Waals surface area contributed by atoms with Gasteiger partial charge in [0.15, 0.2) is 6.29 Å². The number of carbonyl (C=O) groups is 3. The van der Waals surface area contributed by atoms with E-state index in [2.05, 4.69) is 0 Å². The van der Waals surface area contributed by atoms with Crippen molar-refractivity contribution in [3.05, 3.63) is 64.9 Å². The summed E-state index contributed by atoms with van der Waals surface area (Å²) in [7, 11) is 3.04. The monoisotopic (exact) mass is 463 g/mol. The van der Waals surface area contributed by atoms with E-state index in [1.165, 1.54) is 39.8 Å². The lowest BCUT2D eigenvalue weighted by atomic mass is 9.95. The second-order valence-electron chi connectivity index (χ2n) is 7.21. The number of ketones is 1. The number of carbonyl (C=O) groups excluding carboxylic acids is 2. The quantitative estimate of drug-likeness (QED) is 0.267. The maximum atomic E-state index is 14.4. The first-order valence-corrected chi connectivity index (χ1v) is 11.8. The van der Waals surface area contributed by atoms with Crippen molar-refractivity contribution in [1.82, 2.24) is 4.90 Å². The third kappa shape index (κ3) is 5.66. The Labute approximate surface area is 187 Å². The molecule has 0 spiro atoms. The molecule has 0 radical (unpaired) electrons. The summed E-state index contributed by atoms with van der Waals surface area (Å²) in [5.74, 6) is -0.828. The molecule has 6 nitrogen and oxygen atoms in total. The van der Waals surface area contributed by atoms with Crippen molar-refractivity contribution >= 4 is 39.6 Å². The number of carboxylic acid groups (broad SMARTS) is 1. The molecule has 31 heavy (non-hydrogen) atoms. The first kappa shape index (κ1) is 23.3. The van der Waals surface area contributed by atoms with E-state index >= 15 is 0 Å². The summed E-state index contributed by atoms with van der Waals surface area (Å²) in [5, 5.41) is 9.24. The number of aliphatic carboxylic acids is 1. The van der Waals surface area contributed by atoms with E-state index in [0.29, 0.717) is 18.5 Å². The van der Waals surface area contributed by atoms with Crippen molar-refractivity contribution in [3.63, 3.8) is 0 Å². The summed E-state index contributed by atoms with van der Waals surface area (Å²) in [4.78, 5) is 37.7. The van der Waals surface area contributed by atoms with Gasteiger partial charge < -0.3 is 9.52 Å². The fourth-order valence-corrected chi connectivity index (χ4v) is 6.48. The number of rotatable bonds is 8. The average Bonchev–Trinajstić information content (AvgIpc) is 3.05. The lowest BCUT2D eigenvalue weighted by molar-refractivity contribution is -0.133. The SMILES string of the molecule is Cc1cc(SSC2CCN(C(C(=O)C=O)c3ccccc3F)C/C2=C/C(=O)O)c(C)o1. The third-order valence-corrected chi connectivity index (χ3v) is 7.96. The second-order valence-corrected chi connectivity index (χ2v) is 9.65. The number of halogens is 1. The summed E-state index contributed by atoms with van der Waals surface area (Å²) >= 11 is 0. The van der Waals surface area contributed by atoms with E-state index in [1.807, 2.05) is 19.9 Å². The number of hydrogen-bond donors (Lipinski definition) is 1. The molecule has 164 valence electrons. The molecule has 3 rings (SSSR count). The molecule has 1 aromatic carbocycles. The van der Waals surface area contributed by atoms with Gasteiger partial charge in [0.05, 0.1) is 4.90 Å². The Morgan fingerprint density at radius 1 is 1.32 bits per heavy atom. The maximum absolute atomic E-state index is 14.4. The highest BCUT2D eigenvalue weighted by Gasteiger charge is 2.35. The predicted octanol–water partition coefficient (Wildman–Crippen LogP) is 4.37. The van der Waals surface area contributed by atoms with Gasteiger partial charge in [-0.1, -0.05) is 39.8 Å². The minimum Gasteiger partial charge on any atom is -0.478 e. The largest absolute Gasteiger partial charge is 0.478 e. The van der Waals surface area contributed by atoms with Crippen LogP contribution in [0.15, 0.2) is 51.3 Å². The van der Waals surface area contributed by atoms with Crippen LogP contribution < -0.4 is 0 Å². The summed E-state index contributed by atoms with van der Waals surface area (Å²) in [5.41, 5.74) is 0.716. The van der Waals surface area contributed by atoms with Gasteiger partial charge in [-0.15, -0.1) is 0 Å². The first-order chi connectivity index (χ1) is 14.8. The van der Waals surface area contributed by atoms with Crippen molar-refractivity contribution in [2.75, 3.05) is 13.1 Å². The fourth-order valence-electron chi connectivity index (χ4n) is 3.60. The number of piperidine rings is 1. The number of aldehydes is 1. The molecule has 1 saturated heterocycles. The third-order valence-electron chi connectivity index (χ3n) is 4.99. The van der Waals surface area contributed by atoms with Crippen LogP contribution >= 0.6 is 21.6 Å². The molecule has 0 amide bonds. The van der Waals surface area contributed by atoms with Crippen molar-refractivity contribution in [3.8, 4) is 0 Å². The van der Waals surface area contributed by atoms with Crippen molar-refractivity contribution in [1.29, 1.82) is 0 Å². The van der Waals surface area contributed by atoms with Gasteiger partial charge in [-0.2, -0.15) is 0 Å². The molecular weight excluding hydrogens is 441 g/mol. The van der Waals surface area contributed by atoms with E-state index in [0.717, 1.165) is 22.5 Å². The van der Waals surface area contributed by atoms with Gasteiger partial charge in [0.1, 0.15) is 23.4 Å². The molecule has 1 N–H and O–H groups in total. The minimum atomic E-state index is -1.09. The van der Waals surface area contributed by atoms with E-state index in [1.54, 1.807) is 11.0 Å². The highest BCUT2D eigenvalue weighted by molar-refractivity contribution is 8.77. The van der Waals surface area contributed by atoms with Crippen LogP contribution in [0.25, 0.3) is 0 Å². The number of hydrogen-bond acceptors (Lipinski definition) is 7. The van der Waals surface area contributed by atoms with Gasteiger partial charge in [-0.05, 0) is 38.0 Å². The number of benzene rings is 1. The topological polar surface area (TPSA) is 87.8 Å². The summed E-state index contributed by atoms with van der Waals surface area (Å²) in [6, 6.07) is 6.67. The molecule has 1 aliphatic rings. The van der Waals surface area contributed by atoms with Crippen LogP contribution in [-0.4, -0.2) is 46.4 Å². The number of Topliss-reactive ketones (excluding diaryl/α,β-unsaturated/α-hetero) is 1. The molecule has 0 saturated carbocycles. The van der Waals surface area contributed by atoms with Crippen molar-refractivity contribution < 1.29 is 28.3 Å². The zero-order valence-corrected chi connectivity index (χ0v) is 18.7. The summed E-state index contributed by atoms with van der Waals surface area (Å²) < 4.78 is 19.9. The number of likely N-dealkylation sites (tertiary alicyclic amines) is 1. The van der Waals surface area contributed by atoms with E-state index in [4.69, 9.17) is 4.42 Å². The van der Waals surface area contributed by atoms with Crippen LogP contribution in [0.5, 0.6) is 0 Å². The predicted molar refractivity (Wildman–Crippen MR) is 118 cm³/mol. The van der Waals surface area contributed by atoms with E-state index in [-0.39, 0.29) is 23.6 Å². The molecule has 0 aliphatic carbocycles. The molecule has 2 aromatic rings.